The van der Waals surface area contributed by atoms with Crippen LogP contribution in [0.5, 0.6) is 0 Å². The van der Waals surface area contributed by atoms with E-state index in [-0.39, 0.29) is 103 Å². The van der Waals surface area contributed by atoms with Crippen molar-refractivity contribution in [1.82, 2.24) is 0 Å². The molecule has 0 heterocycles. The van der Waals surface area contributed by atoms with Gasteiger partial charge in [0.25, 0.3) is 0 Å². The summed E-state index contributed by atoms with van der Waals surface area (Å²) >= 11 is 0. The van der Waals surface area contributed by atoms with Gasteiger partial charge in [-0.3, -0.25) is 0 Å². The third-order valence-corrected chi connectivity index (χ3v) is 4.28. The summed E-state index contributed by atoms with van der Waals surface area (Å²) in [7, 11) is 0. The number of hydrogen-bond donors (Lipinski definition) is 0. The van der Waals surface area contributed by atoms with Gasteiger partial charge in [0.1, 0.15) is 0 Å². The molecular weight excluding hydrogens is 382 g/mol. The van der Waals surface area contributed by atoms with E-state index in [0.29, 0.717) is 0 Å². The fraction of sp³-hybridized carbons (Fsp3) is 0.800. The van der Waals surface area contributed by atoms with Gasteiger partial charge in [-0.2, -0.15) is 0 Å². The number of carbonyl (C=O) groups is 2. The molecule has 0 amide bonds. The zero-order valence-corrected chi connectivity index (χ0v) is 23.5. The number of carboxylic acids is 2. The third kappa shape index (κ3) is 24.0. The van der Waals surface area contributed by atoms with Crippen LogP contribution in [-0.4, -0.2) is 11.9 Å². The number of hydrogen-bond acceptors (Lipinski definition) is 4. The smallest absolute Gasteiger partial charge is 0.550 e. The van der Waals surface area contributed by atoms with Crippen molar-refractivity contribution in [2.45, 2.75) is 96.8 Å². The maximum absolute atomic E-state index is 10.7. The average Bonchev–Trinajstić information content (AvgIpc) is 2.53. The van der Waals surface area contributed by atoms with Crippen LogP contribution in [0, 0.1) is 5.92 Å². The van der Waals surface area contributed by atoms with E-state index >= 15 is 0 Å². The van der Waals surface area contributed by atoms with Crippen molar-refractivity contribution in [2.24, 2.45) is 5.92 Å². The molecule has 0 saturated carbocycles. The number of unbranched alkanes of at least 4 members (excludes halogenated alkanes) is 12. The van der Waals surface area contributed by atoms with E-state index in [2.05, 4.69) is 6.92 Å². The second-order valence-corrected chi connectivity index (χ2v) is 6.61. The van der Waals surface area contributed by atoms with Gasteiger partial charge < -0.3 is 19.8 Å². The molecule has 26 heavy (non-hydrogen) atoms. The standard InChI is InChI=1S/C20H36O4.2K/c1-2-3-4-5-6-7-8-9-10-11-12-13-14-15-16-18(20(23)24)17-19(21)22;;/h15-16,18H,2-14,17H2,1H3,(H,21,22)(H,23,24);;/q;2*+1/p-2/b16-15+;;. The van der Waals surface area contributed by atoms with Crippen molar-refractivity contribution in [3.05, 3.63) is 12.2 Å². The predicted molar refractivity (Wildman–Crippen MR) is 93.0 cm³/mol. The Bertz CT molecular complexity index is 360. The molecule has 140 valence electrons. The molecule has 0 N–H and O–H groups in total. The number of carboxylic acid groups (broad SMARTS) is 2. The molecule has 0 aromatic carbocycles. The molecule has 0 saturated heterocycles. The van der Waals surface area contributed by atoms with Gasteiger partial charge in [0.15, 0.2) is 0 Å². The Balaban J connectivity index is -0.00000264. The second-order valence-electron chi connectivity index (χ2n) is 6.61. The fourth-order valence-electron chi connectivity index (χ4n) is 2.77. The molecule has 6 heteroatoms. The summed E-state index contributed by atoms with van der Waals surface area (Å²) in [4.78, 5) is 21.2. The molecule has 0 bridgehead atoms. The minimum Gasteiger partial charge on any atom is -0.550 e. The zero-order chi connectivity index (χ0) is 18.0. The summed E-state index contributed by atoms with van der Waals surface area (Å²) in [5, 5.41) is 21.2. The zero-order valence-electron chi connectivity index (χ0n) is 17.3. The van der Waals surface area contributed by atoms with Crippen molar-refractivity contribution in [2.75, 3.05) is 0 Å². The van der Waals surface area contributed by atoms with Crippen LogP contribution < -0.4 is 113 Å². The van der Waals surface area contributed by atoms with Gasteiger partial charge in [0.2, 0.25) is 0 Å². The van der Waals surface area contributed by atoms with Crippen LogP contribution in [0.4, 0.5) is 0 Å². The maximum Gasteiger partial charge on any atom is 1.00 e. The fourth-order valence-corrected chi connectivity index (χ4v) is 2.77. The first kappa shape index (κ1) is 32.6. The van der Waals surface area contributed by atoms with E-state index in [1.807, 2.05) is 0 Å². The van der Waals surface area contributed by atoms with Crippen molar-refractivity contribution in [3.63, 3.8) is 0 Å². The number of rotatable bonds is 17. The Hall–Kier alpha value is 1.95. The summed E-state index contributed by atoms with van der Waals surface area (Å²) < 4.78 is 0. The quantitative estimate of drug-likeness (QED) is 0.145. The molecule has 0 aliphatic rings. The summed E-state index contributed by atoms with van der Waals surface area (Å²) in [6, 6.07) is 0. The molecule has 4 nitrogen and oxygen atoms in total. The van der Waals surface area contributed by atoms with Crippen molar-refractivity contribution < 1.29 is 123 Å². The van der Waals surface area contributed by atoms with Crippen molar-refractivity contribution >= 4 is 11.9 Å². The van der Waals surface area contributed by atoms with E-state index < -0.39 is 24.3 Å². The van der Waals surface area contributed by atoms with Gasteiger partial charge in [-0.25, -0.2) is 0 Å². The molecule has 0 spiro atoms. The van der Waals surface area contributed by atoms with Crippen LogP contribution in [0.1, 0.15) is 96.8 Å². The first-order chi connectivity index (χ1) is 11.6. The van der Waals surface area contributed by atoms with Gasteiger partial charge >= 0.3 is 103 Å². The molecule has 0 radical (unpaired) electrons. The minimum absolute atomic E-state index is 0. The predicted octanol–water partition coefficient (Wildman–Crippen LogP) is -2.85. The molecule has 0 aliphatic heterocycles. The van der Waals surface area contributed by atoms with Crippen LogP contribution in [0.3, 0.4) is 0 Å². The van der Waals surface area contributed by atoms with Gasteiger partial charge in [0, 0.05) is 17.9 Å². The van der Waals surface area contributed by atoms with E-state index in [4.69, 9.17) is 0 Å². The maximum atomic E-state index is 10.7. The largest absolute Gasteiger partial charge is 1.00 e. The Morgan fingerprint density at radius 1 is 0.769 bits per heavy atom. The van der Waals surface area contributed by atoms with Crippen LogP contribution in [0.2, 0.25) is 0 Å². The van der Waals surface area contributed by atoms with Gasteiger partial charge in [-0.15, -0.1) is 0 Å². The average molecular weight is 417 g/mol. The molecule has 0 aromatic rings. The first-order valence-corrected chi connectivity index (χ1v) is 9.65. The number of carbonyl (C=O) groups excluding carboxylic acids is 2. The SMILES string of the molecule is CCCCCCCCCCCCCC/C=C/C(CC(=O)[O-])C(=O)[O-].[K+].[K+]. The molecular formula is C20H34K2O4. The Morgan fingerprint density at radius 3 is 1.58 bits per heavy atom. The summed E-state index contributed by atoms with van der Waals surface area (Å²) in [5.74, 6) is -3.79. The van der Waals surface area contributed by atoms with Crippen LogP contribution in [-0.2, 0) is 9.59 Å². The van der Waals surface area contributed by atoms with Gasteiger partial charge in [0.05, 0.1) is 0 Å². The molecule has 0 rings (SSSR count). The van der Waals surface area contributed by atoms with E-state index in [9.17, 15) is 19.8 Å². The van der Waals surface area contributed by atoms with Gasteiger partial charge in [-0.05, 0) is 19.3 Å². The second kappa shape index (κ2) is 25.0. The minimum atomic E-state index is -1.36. The topological polar surface area (TPSA) is 80.3 Å². The Labute approximate surface area is 245 Å². The van der Waals surface area contributed by atoms with Gasteiger partial charge in [-0.1, -0.05) is 89.7 Å². The number of allylic oxidation sites excluding steroid dienone is 1. The van der Waals surface area contributed by atoms with Crippen LogP contribution in [0.15, 0.2) is 12.2 Å². The summed E-state index contributed by atoms with van der Waals surface area (Å²) in [5.41, 5.74) is 0. The van der Waals surface area contributed by atoms with Crippen LogP contribution >= 0.6 is 0 Å². The molecule has 1 unspecified atom stereocenters. The molecule has 0 fully saturated rings. The summed E-state index contributed by atoms with van der Waals surface area (Å²) in [6.45, 7) is 2.24. The van der Waals surface area contributed by atoms with Crippen molar-refractivity contribution in [3.8, 4) is 0 Å². The van der Waals surface area contributed by atoms with E-state index in [1.165, 1.54) is 70.3 Å². The first-order valence-electron chi connectivity index (χ1n) is 9.65. The van der Waals surface area contributed by atoms with Crippen molar-refractivity contribution in [1.29, 1.82) is 0 Å². The number of aliphatic carboxylic acids is 2. The van der Waals surface area contributed by atoms with E-state index in [0.717, 1.165) is 19.3 Å². The third-order valence-electron chi connectivity index (χ3n) is 4.28. The van der Waals surface area contributed by atoms with E-state index in [1.54, 1.807) is 6.08 Å². The normalized spacial score (nSPS) is 11.6. The molecule has 0 aliphatic carbocycles. The summed E-state index contributed by atoms with van der Waals surface area (Å²) in [6.07, 6.45) is 18.9. The van der Waals surface area contributed by atoms with Crippen LogP contribution in [0.25, 0.3) is 0 Å². The molecule has 1 atom stereocenters. The Morgan fingerprint density at radius 2 is 1.19 bits per heavy atom. The Kier molecular flexibility index (Phi) is 31.3. The molecule has 0 aromatic heterocycles. The monoisotopic (exact) mass is 416 g/mol.